The zero-order chi connectivity index (χ0) is 25.0. The van der Waals surface area contributed by atoms with Crippen LogP contribution in [0.5, 0.6) is 0 Å². The van der Waals surface area contributed by atoms with Gasteiger partial charge in [-0.2, -0.15) is 0 Å². The van der Waals surface area contributed by atoms with Gasteiger partial charge in [-0.15, -0.1) is 0 Å². The summed E-state index contributed by atoms with van der Waals surface area (Å²) in [5.74, 6) is 0. The molecule has 2 nitrogen and oxygen atoms in total. The first-order valence-electron chi connectivity index (χ1n) is 14.6. The van der Waals surface area contributed by atoms with Crippen LogP contribution in [0.15, 0.2) is 72.8 Å². The molecule has 9 rings (SSSR count). The molecule has 4 aliphatic heterocycles. The van der Waals surface area contributed by atoms with Crippen molar-refractivity contribution in [2.45, 2.75) is 45.4 Å². The smallest absolute Gasteiger partial charge is 0.252 e. The van der Waals surface area contributed by atoms with E-state index in [1.54, 1.807) is 16.6 Å². The maximum absolute atomic E-state index is 2.72. The average Bonchev–Trinajstić information content (AvgIpc) is 3.31. The van der Waals surface area contributed by atoms with E-state index in [2.05, 4.69) is 89.5 Å². The third-order valence-corrected chi connectivity index (χ3v) is 9.74. The summed E-state index contributed by atoms with van der Waals surface area (Å²) in [5.41, 5.74) is 15.1. The van der Waals surface area contributed by atoms with Crippen LogP contribution >= 0.6 is 0 Å². The van der Waals surface area contributed by atoms with Gasteiger partial charge in [-0.3, -0.25) is 0 Å². The molecule has 184 valence electrons. The third-order valence-electron chi connectivity index (χ3n) is 9.74. The van der Waals surface area contributed by atoms with Crippen molar-refractivity contribution in [1.82, 2.24) is 0 Å². The SMILES string of the molecule is Cc1cc2c3c(c1)N1CCCCc4c1c(cc1ccccc41)B3c1cc3ccccc3c3c1N2CCCC3. The zero-order valence-electron chi connectivity index (χ0n) is 22.1. The average molecular weight is 490 g/mol. The Hall–Kier alpha value is -3.72. The minimum absolute atomic E-state index is 0.279. The Kier molecular flexibility index (Phi) is 4.28. The number of fused-ring (bicyclic) bond motifs is 8. The molecule has 5 aromatic rings. The highest BCUT2D eigenvalue weighted by molar-refractivity contribution is 7.00. The van der Waals surface area contributed by atoms with E-state index in [0.29, 0.717) is 0 Å². The lowest BCUT2D eigenvalue weighted by atomic mass is 9.33. The number of hydrogen-bond donors (Lipinski definition) is 0. The van der Waals surface area contributed by atoms with Gasteiger partial charge in [0, 0.05) is 35.8 Å². The van der Waals surface area contributed by atoms with Gasteiger partial charge in [0.25, 0.3) is 6.71 Å². The Balaban J connectivity index is 1.47. The molecule has 5 aromatic carbocycles. The molecule has 0 saturated carbocycles. The van der Waals surface area contributed by atoms with E-state index >= 15 is 0 Å². The molecule has 0 unspecified atom stereocenters. The molecular formula is C35H31BN2. The van der Waals surface area contributed by atoms with Crippen molar-refractivity contribution in [1.29, 1.82) is 0 Å². The predicted octanol–water partition coefficient (Wildman–Crippen LogP) is 6.39. The highest BCUT2D eigenvalue weighted by atomic mass is 15.2. The summed E-state index contributed by atoms with van der Waals surface area (Å²) in [6.45, 7) is 4.80. The molecule has 0 spiro atoms. The Labute approximate surface area is 225 Å². The zero-order valence-corrected chi connectivity index (χ0v) is 22.1. The van der Waals surface area contributed by atoms with Gasteiger partial charge < -0.3 is 9.80 Å². The second kappa shape index (κ2) is 7.66. The van der Waals surface area contributed by atoms with Crippen molar-refractivity contribution < 1.29 is 0 Å². The lowest BCUT2D eigenvalue weighted by Gasteiger charge is -2.45. The van der Waals surface area contributed by atoms with Crippen LogP contribution in [0.4, 0.5) is 22.7 Å². The third kappa shape index (κ3) is 2.69. The first-order chi connectivity index (χ1) is 18.8. The molecule has 0 atom stereocenters. The van der Waals surface area contributed by atoms with Crippen molar-refractivity contribution in [2.75, 3.05) is 22.9 Å². The second-order valence-corrected chi connectivity index (χ2v) is 11.9. The topological polar surface area (TPSA) is 6.48 Å². The van der Waals surface area contributed by atoms with Crippen molar-refractivity contribution in [3.05, 3.63) is 89.5 Å². The highest BCUT2D eigenvalue weighted by Crippen LogP contribution is 2.45. The van der Waals surface area contributed by atoms with E-state index in [-0.39, 0.29) is 6.71 Å². The minimum Gasteiger partial charge on any atom is -0.342 e. The molecule has 38 heavy (non-hydrogen) atoms. The van der Waals surface area contributed by atoms with Gasteiger partial charge in [-0.05, 0) is 112 Å². The second-order valence-electron chi connectivity index (χ2n) is 11.9. The standard InChI is InChI=1S/C35H31BN2/c1-22-18-31-33-32(19-22)38-17-9-7-15-28-26-13-5-3-11-24(26)21-30(35(28)38)36(33)29-20-23-10-2-4-12-25(23)27-14-6-8-16-37(31)34(27)29/h2-5,10-13,18-21H,6-9,14-17H2,1H3. The van der Waals surface area contributed by atoms with Gasteiger partial charge >= 0.3 is 0 Å². The van der Waals surface area contributed by atoms with E-state index in [0.717, 1.165) is 13.1 Å². The van der Waals surface area contributed by atoms with E-state index in [9.17, 15) is 0 Å². The van der Waals surface area contributed by atoms with E-state index < -0.39 is 0 Å². The number of rotatable bonds is 0. The Bertz CT molecular complexity index is 1690. The highest BCUT2D eigenvalue weighted by Gasteiger charge is 2.45. The maximum Gasteiger partial charge on any atom is 0.252 e. The Morgan fingerprint density at radius 3 is 1.63 bits per heavy atom. The van der Waals surface area contributed by atoms with Gasteiger partial charge in [0.2, 0.25) is 0 Å². The molecule has 3 heteroatoms. The molecule has 0 saturated heterocycles. The molecule has 0 N–H and O–H groups in total. The van der Waals surface area contributed by atoms with E-state index in [1.165, 1.54) is 99.3 Å². The van der Waals surface area contributed by atoms with Crippen molar-refractivity contribution >= 4 is 67.4 Å². The van der Waals surface area contributed by atoms with Crippen molar-refractivity contribution in [3.63, 3.8) is 0 Å². The fourth-order valence-corrected chi connectivity index (χ4v) is 8.28. The molecule has 0 radical (unpaired) electrons. The van der Waals surface area contributed by atoms with Gasteiger partial charge in [0.15, 0.2) is 0 Å². The predicted molar refractivity (Wildman–Crippen MR) is 164 cm³/mol. The number of benzene rings is 5. The molecule has 0 bridgehead atoms. The van der Waals surface area contributed by atoms with Gasteiger partial charge in [0.1, 0.15) is 0 Å². The van der Waals surface area contributed by atoms with Crippen LogP contribution in [0.25, 0.3) is 21.5 Å². The lowest BCUT2D eigenvalue weighted by Crippen LogP contribution is -2.62. The molecule has 4 aliphatic rings. The van der Waals surface area contributed by atoms with Crippen LogP contribution in [0, 0.1) is 6.92 Å². The fourth-order valence-electron chi connectivity index (χ4n) is 8.28. The number of hydrogen-bond acceptors (Lipinski definition) is 2. The van der Waals surface area contributed by atoms with Crippen LogP contribution in [-0.4, -0.2) is 19.8 Å². The number of anilines is 4. The molecular weight excluding hydrogens is 459 g/mol. The Morgan fingerprint density at radius 2 is 1.11 bits per heavy atom. The molecule has 0 amide bonds. The summed E-state index contributed by atoms with van der Waals surface area (Å²) < 4.78 is 0. The monoisotopic (exact) mass is 490 g/mol. The molecule has 4 heterocycles. The van der Waals surface area contributed by atoms with E-state index in [1.807, 2.05) is 0 Å². The van der Waals surface area contributed by atoms with Crippen LogP contribution in [0.3, 0.4) is 0 Å². The summed E-state index contributed by atoms with van der Waals surface area (Å²) in [6, 6.07) is 28.3. The van der Waals surface area contributed by atoms with Gasteiger partial charge in [-0.1, -0.05) is 60.7 Å². The van der Waals surface area contributed by atoms with Crippen molar-refractivity contribution in [3.8, 4) is 0 Å². The lowest BCUT2D eigenvalue weighted by molar-refractivity contribution is 0.760. The summed E-state index contributed by atoms with van der Waals surface area (Å²) >= 11 is 0. The number of nitrogens with zero attached hydrogens (tertiary/aromatic N) is 2. The summed E-state index contributed by atoms with van der Waals surface area (Å²) in [5, 5.41) is 5.69. The molecule has 0 aromatic heterocycles. The maximum atomic E-state index is 2.72. The van der Waals surface area contributed by atoms with Gasteiger partial charge in [-0.25, -0.2) is 0 Å². The molecule has 0 fully saturated rings. The Morgan fingerprint density at radius 1 is 0.605 bits per heavy atom. The van der Waals surface area contributed by atoms with E-state index in [4.69, 9.17) is 0 Å². The van der Waals surface area contributed by atoms with Crippen LogP contribution in [0.1, 0.15) is 42.4 Å². The first-order valence-corrected chi connectivity index (χ1v) is 14.6. The number of aryl methyl sites for hydroxylation is 3. The van der Waals surface area contributed by atoms with Crippen LogP contribution in [-0.2, 0) is 12.8 Å². The van der Waals surface area contributed by atoms with Crippen LogP contribution < -0.4 is 26.2 Å². The summed E-state index contributed by atoms with van der Waals surface area (Å²) in [7, 11) is 0. The first kappa shape index (κ1) is 21.2. The normalized spacial score (nSPS) is 17.1. The van der Waals surface area contributed by atoms with Crippen molar-refractivity contribution in [2.24, 2.45) is 0 Å². The van der Waals surface area contributed by atoms with Gasteiger partial charge in [0.05, 0.1) is 0 Å². The minimum atomic E-state index is 0.279. The molecule has 0 aliphatic carbocycles. The quantitative estimate of drug-likeness (QED) is 0.232. The van der Waals surface area contributed by atoms with Crippen LogP contribution in [0.2, 0.25) is 0 Å². The summed E-state index contributed by atoms with van der Waals surface area (Å²) in [6.07, 6.45) is 7.34. The summed E-state index contributed by atoms with van der Waals surface area (Å²) in [4.78, 5) is 5.44. The largest absolute Gasteiger partial charge is 0.342 e. The fraction of sp³-hybridized carbons (Fsp3) is 0.257.